The number of carbonyl (C=O) groups is 1. The summed E-state index contributed by atoms with van der Waals surface area (Å²) in [6.45, 7) is 1.81. The van der Waals surface area contributed by atoms with Gasteiger partial charge in [0.25, 0.3) is 0 Å². The number of carboxylic acids is 1. The van der Waals surface area contributed by atoms with Crippen LogP contribution in [0.2, 0.25) is 0 Å². The van der Waals surface area contributed by atoms with Crippen molar-refractivity contribution >= 4 is 16.9 Å². The topological polar surface area (TPSA) is 75.2 Å². The number of aromatic carboxylic acids is 1. The molecule has 0 fully saturated rings. The van der Waals surface area contributed by atoms with Crippen molar-refractivity contribution in [1.29, 1.82) is 0 Å². The van der Waals surface area contributed by atoms with Gasteiger partial charge in [-0.3, -0.25) is 5.10 Å². The summed E-state index contributed by atoms with van der Waals surface area (Å²) in [6.07, 6.45) is 0. The number of nitrogens with one attached hydrogen (secondary N) is 1. The van der Waals surface area contributed by atoms with Crippen LogP contribution in [0.1, 0.15) is 16.1 Å². The molecule has 0 saturated carbocycles. The van der Waals surface area contributed by atoms with Crippen molar-refractivity contribution in [3.8, 4) is 5.75 Å². The average molecular weight is 206 g/mol. The Kier molecular flexibility index (Phi) is 2.07. The Morgan fingerprint density at radius 3 is 2.87 bits per heavy atom. The van der Waals surface area contributed by atoms with Gasteiger partial charge in [0.2, 0.25) is 0 Å². The Hall–Kier alpha value is -2.04. The first kappa shape index (κ1) is 9.51. The molecule has 5 heteroatoms. The normalized spacial score (nSPS) is 10.5. The zero-order valence-electron chi connectivity index (χ0n) is 8.37. The monoisotopic (exact) mass is 206 g/mol. The number of aromatic nitrogens is 2. The van der Waals surface area contributed by atoms with Crippen LogP contribution >= 0.6 is 0 Å². The predicted octanol–water partition coefficient (Wildman–Crippen LogP) is 1.58. The third-order valence-corrected chi connectivity index (χ3v) is 2.36. The number of nitrogens with zero attached hydrogens (tertiary/aromatic N) is 1. The maximum absolute atomic E-state index is 10.9. The maximum Gasteiger partial charge on any atom is 0.357 e. The van der Waals surface area contributed by atoms with Crippen LogP contribution in [0.5, 0.6) is 5.75 Å². The quantitative estimate of drug-likeness (QED) is 0.782. The van der Waals surface area contributed by atoms with E-state index in [-0.39, 0.29) is 5.69 Å². The number of carboxylic acid groups (broad SMARTS) is 1. The van der Waals surface area contributed by atoms with Crippen LogP contribution in [-0.4, -0.2) is 28.4 Å². The molecule has 78 valence electrons. The first-order chi connectivity index (χ1) is 7.15. The van der Waals surface area contributed by atoms with E-state index in [0.717, 1.165) is 5.56 Å². The zero-order chi connectivity index (χ0) is 11.0. The predicted molar refractivity (Wildman–Crippen MR) is 54.3 cm³/mol. The lowest BCUT2D eigenvalue weighted by molar-refractivity contribution is 0.0692. The van der Waals surface area contributed by atoms with E-state index < -0.39 is 5.97 Å². The van der Waals surface area contributed by atoms with Gasteiger partial charge < -0.3 is 9.84 Å². The molecule has 0 aliphatic rings. The number of hydrogen-bond donors (Lipinski definition) is 2. The van der Waals surface area contributed by atoms with Crippen LogP contribution in [0.15, 0.2) is 12.1 Å². The van der Waals surface area contributed by atoms with Gasteiger partial charge in [-0.1, -0.05) is 0 Å². The summed E-state index contributed by atoms with van der Waals surface area (Å²) in [7, 11) is 1.55. The van der Waals surface area contributed by atoms with E-state index in [9.17, 15) is 4.79 Å². The summed E-state index contributed by atoms with van der Waals surface area (Å²) in [5, 5.41) is 16.0. The summed E-state index contributed by atoms with van der Waals surface area (Å²) in [5.41, 5.74) is 1.51. The van der Waals surface area contributed by atoms with E-state index in [1.165, 1.54) is 0 Å². The van der Waals surface area contributed by atoms with E-state index in [0.29, 0.717) is 16.7 Å². The van der Waals surface area contributed by atoms with Gasteiger partial charge in [-0.25, -0.2) is 4.79 Å². The number of rotatable bonds is 2. The number of ether oxygens (including phenoxy) is 1. The van der Waals surface area contributed by atoms with Gasteiger partial charge in [0.15, 0.2) is 5.69 Å². The highest BCUT2D eigenvalue weighted by molar-refractivity contribution is 6.03. The van der Waals surface area contributed by atoms with Crippen molar-refractivity contribution in [3.63, 3.8) is 0 Å². The van der Waals surface area contributed by atoms with Crippen LogP contribution in [0.4, 0.5) is 0 Å². The molecule has 5 nitrogen and oxygen atoms in total. The van der Waals surface area contributed by atoms with Crippen molar-refractivity contribution in [2.24, 2.45) is 0 Å². The van der Waals surface area contributed by atoms with Gasteiger partial charge in [0.05, 0.1) is 12.6 Å². The van der Waals surface area contributed by atoms with Crippen molar-refractivity contribution in [2.75, 3.05) is 7.11 Å². The minimum atomic E-state index is -1.04. The Bertz CT molecular complexity index is 531. The summed E-state index contributed by atoms with van der Waals surface area (Å²) >= 11 is 0. The second-order valence-electron chi connectivity index (χ2n) is 3.19. The standard InChI is InChI=1S/C10H10N2O3/c1-5-7(15-2)4-3-6-8(5)9(10(13)14)12-11-6/h3-4H,1-2H3,(H,11,12)(H,13,14). The van der Waals surface area contributed by atoms with Crippen molar-refractivity contribution in [1.82, 2.24) is 10.2 Å². The highest BCUT2D eigenvalue weighted by atomic mass is 16.5. The fraction of sp³-hybridized carbons (Fsp3) is 0.200. The molecule has 0 unspecified atom stereocenters. The Morgan fingerprint density at radius 2 is 2.27 bits per heavy atom. The number of benzene rings is 1. The Morgan fingerprint density at radius 1 is 1.53 bits per heavy atom. The van der Waals surface area contributed by atoms with Gasteiger partial charge in [-0.2, -0.15) is 5.10 Å². The highest BCUT2D eigenvalue weighted by Crippen LogP contribution is 2.28. The molecule has 1 aromatic heterocycles. The van der Waals surface area contributed by atoms with E-state index in [1.54, 1.807) is 19.2 Å². The molecule has 0 aliphatic heterocycles. The lowest BCUT2D eigenvalue weighted by Crippen LogP contribution is -1.98. The number of hydrogen-bond acceptors (Lipinski definition) is 3. The molecule has 0 amide bonds. The number of methoxy groups -OCH3 is 1. The molecule has 1 aromatic carbocycles. The summed E-state index contributed by atoms with van der Waals surface area (Å²) in [5.74, 6) is -0.385. The van der Waals surface area contributed by atoms with E-state index in [1.807, 2.05) is 6.92 Å². The SMILES string of the molecule is COc1ccc2[nH]nc(C(=O)O)c2c1C. The molecular weight excluding hydrogens is 196 g/mol. The second kappa shape index (κ2) is 3.27. The molecule has 2 N–H and O–H groups in total. The van der Waals surface area contributed by atoms with Crippen LogP contribution in [0, 0.1) is 6.92 Å². The second-order valence-corrected chi connectivity index (χ2v) is 3.19. The number of fused-ring (bicyclic) bond motifs is 1. The van der Waals surface area contributed by atoms with E-state index >= 15 is 0 Å². The summed E-state index contributed by atoms with van der Waals surface area (Å²) < 4.78 is 5.12. The van der Waals surface area contributed by atoms with Gasteiger partial charge >= 0.3 is 5.97 Å². The molecule has 1 heterocycles. The summed E-state index contributed by atoms with van der Waals surface area (Å²) in [6, 6.07) is 3.53. The third kappa shape index (κ3) is 1.32. The number of aryl methyl sites for hydroxylation is 1. The van der Waals surface area contributed by atoms with E-state index in [4.69, 9.17) is 9.84 Å². The van der Waals surface area contributed by atoms with Crippen molar-refractivity contribution < 1.29 is 14.6 Å². The molecule has 0 atom stereocenters. The van der Waals surface area contributed by atoms with Crippen LogP contribution in [0.25, 0.3) is 10.9 Å². The fourth-order valence-electron chi connectivity index (χ4n) is 1.64. The van der Waals surface area contributed by atoms with Crippen LogP contribution in [-0.2, 0) is 0 Å². The minimum Gasteiger partial charge on any atom is -0.496 e. The van der Waals surface area contributed by atoms with Crippen LogP contribution in [0.3, 0.4) is 0 Å². The zero-order valence-corrected chi connectivity index (χ0v) is 8.37. The van der Waals surface area contributed by atoms with Gasteiger partial charge in [-0.05, 0) is 19.1 Å². The molecule has 0 bridgehead atoms. The van der Waals surface area contributed by atoms with Gasteiger partial charge in [0.1, 0.15) is 5.75 Å². The number of aromatic amines is 1. The fourth-order valence-corrected chi connectivity index (χ4v) is 1.64. The first-order valence-corrected chi connectivity index (χ1v) is 4.40. The summed E-state index contributed by atoms with van der Waals surface area (Å²) in [4.78, 5) is 10.9. The minimum absolute atomic E-state index is 0.0291. The molecule has 2 aromatic rings. The van der Waals surface area contributed by atoms with E-state index in [2.05, 4.69) is 10.2 Å². The maximum atomic E-state index is 10.9. The third-order valence-electron chi connectivity index (χ3n) is 2.36. The molecule has 15 heavy (non-hydrogen) atoms. The molecule has 0 aliphatic carbocycles. The highest BCUT2D eigenvalue weighted by Gasteiger charge is 2.16. The lowest BCUT2D eigenvalue weighted by atomic mass is 10.1. The molecule has 0 spiro atoms. The lowest BCUT2D eigenvalue weighted by Gasteiger charge is -2.04. The molecule has 2 rings (SSSR count). The number of H-pyrrole nitrogens is 1. The Labute approximate surface area is 85.7 Å². The molecule has 0 saturated heterocycles. The largest absolute Gasteiger partial charge is 0.496 e. The average Bonchev–Trinajstić information content (AvgIpc) is 2.63. The Balaban J connectivity index is 2.82. The van der Waals surface area contributed by atoms with Crippen molar-refractivity contribution in [3.05, 3.63) is 23.4 Å². The van der Waals surface area contributed by atoms with Crippen LogP contribution < -0.4 is 4.74 Å². The molecular formula is C10H10N2O3. The smallest absolute Gasteiger partial charge is 0.357 e. The van der Waals surface area contributed by atoms with Crippen molar-refractivity contribution in [2.45, 2.75) is 6.92 Å². The van der Waals surface area contributed by atoms with Gasteiger partial charge in [0, 0.05) is 10.9 Å². The van der Waals surface area contributed by atoms with Gasteiger partial charge in [-0.15, -0.1) is 0 Å². The first-order valence-electron chi connectivity index (χ1n) is 4.40. The molecule has 0 radical (unpaired) electrons.